The van der Waals surface area contributed by atoms with Crippen LogP contribution in [0.2, 0.25) is 0 Å². The Labute approximate surface area is 151 Å². The van der Waals surface area contributed by atoms with Crippen LogP contribution in [0.25, 0.3) is 0 Å². The van der Waals surface area contributed by atoms with E-state index in [9.17, 15) is 9.59 Å². The molecule has 0 saturated heterocycles. The third kappa shape index (κ3) is 7.91. The van der Waals surface area contributed by atoms with Gasteiger partial charge < -0.3 is 0 Å². The SMILES string of the molecule is O=C(CCCCC(=O)N/N=C\c1ccncc1)NN=Cc1ccncc1. The van der Waals surface area contributed by atoms with Gasteiger partial charge in [0.15, 0.2) is 0 Å². The number of carbonyl (C=O) groups excluding carboxylic acids is 2. The molecule has 2 amide bonds. The summed E-state index contributed by atoms with van der Waals surface area (Å²) >= 11 is 0. The lowest BCUT2D eigenvalue weighted by Gasteiger charge is -2.01. The zero-order chi connectivity index (χ0) is 18.5. The topological polar surface area (TPSA) is 109 Å². The summed E-state index contributed by atoms with van der Waals surface area (Å²) in [5.41, 5.74) is 6.61. The highest BCUT2D eigenvalue weighted by Gasteiger charge is 2.02. The highest BCUT2D eigenvalue weighted by atomic mass is 16.2. The Morgan fingerprint density at radius 2 is 1.15 bits per heavy atom. The normalized spacial score (nSPS) is 10.9. The first-order chi connectivity index (χ1) is 12.7. The molecule has 0 saturated carbocycles. The number of nitrogens with zero attached hydrogens (tertiary/aromatic N) is 4. The van der Waals surface area contributed by atoms with Crippen LogP contribution >= 0.6 is 0 Å². The summed E-state index contributed by atoms with van der Waals surface area (Å²) in [5.74, 6) is -0.377. The number of pyridine rings is 2. The second-order valence-corrected chi connectivity index (χ2v) is 5.35. The molecule has 0 unspecified atom stereocenters. The predicted octanol–water partition coefficient (Wildman–Crippen LogP) is 1.64. The van der Waals surface area contributed by atoms with E-state index in [0.717, 1.165) is 11.1 Å². The fourth-order valence-electron chi connectivity index (χ4n) is 1.94. The monoisotopic (exact) mass is 352 g/mol. The van der Waals surface area contributed by atoms with E-state index in [1.54, 1.807) is 61.5 Å². The molecule has 0 aliphatic rings. The third-order valence-electron chi connectivity index (χ3n) is 3.28. The lowest BCUT2D eigenvalue weighted by Crippen LogP contribution is -2.19. The first-order valence-electron chi connectivity index (χ1n) is 8.18. The zero-order valence-electron chi connectivity index (χ0n) is 14.2. The minimum absolute atomic E-state index is 0.188. The van der Waals surface area contributed by atoms with Gasteiger partial charge in [0.25, 0.3) is 0 Å². The molecule has 0 aliphatic carbocycles. The highest BCUT2D eigenvalue weighted by Crippen LogP contribution is 2.00. The van der Waals surface area contributed by atoms with Crippen molar-refractivity contribution < 1.29 is 9.59 Å². The van der Waals surface area contributed by atoms with E-state index in [2.05, 4.69) is 31.0 Å². The van der Waals surface area contributed by atoms with Crippen LogP contribution in [0.15, 0.2) is 59.3 Å². The quantitative estimate of drug-likeness (QED) is 0.406. The average Bonchev–Trinajstić information content (AvgIpc) is 2.67. The molecule has 134 valence electrons. The van der Waals surface area contributed by atoms with Gasteiger partial charge in [0.1, 0.15) is 0 Å². The molecule has 0 bridgehead atoms. The predicted molar refractivity (Wildman–Crippen MR) is 98.4 cm³/mol. The van der Waals surface area contributed by atoms with Crippen LogP contribution in [-0.2, 0) is 9.59 Å². The number of nitrogens with one attached hydrogen (secondary N) is 2. The Bertz CT molecular complexity index is 681. The summed E-state index contributed by atoms with van der Waals surface area (Å²) in [7, 11) is 0. The van der Waals surface area contributed by atoms with Gasteiger partial charge in [-0.15, -0.1) is 0 Å². The van der Waals surface area contributed by atoms with Crippen molar-refractivity contribution in [1.29, 1.82) is 0 Å². The van der Waals surface area contributed by atoms with Crippen LogP contribution in [0.3, 0.4) is 0 Å². The molecule has 26 heavy (non-hydrogen) atoms. The first-order valence-corrected chi connectivity index (χ1v) is 8.18. The van der Waals surface area contributed by atoms with Crippen LogP contribution in [0.5, 0.6) is 0 Å². The smallest absolute Gasteiger partial charge is 0.240 e. The van der Waals surface area contributed by atoms with Crippen molar-refractivity contribution in [2.45, 2.75) is 25.7 Å². The van der Waals surface area contributed by atoms with E-state index in [-0.39, 0.29) is 11.8 Å². The molecule has 2 rings (SSSR count). The summed E-state index contributed by atoms with van der Waals surface area (Å²) in [6.07, 6.45) is 11.5. The van der Waals surface area contributed by atoms with Gasteiger partial charge in [-0.05, 0) is 48.2 Å². The van der Waals surface area contributed by atoms with E-state index in [0.29, 0.717) is 25.7 Å². The Kier molecular flexibility index (Phi) is 8.14. The highest BCUT2D eigenvalue weighted by molar-refractivity contribution is 5.83. The molecule has 2 N–H and O–H groups in total. The molecule has 8 heteroatoms. The molecule has 2 aromatic heterocycles. The Morgan fingerprint density at radius 3 is 1.54 bits per heavy atom. The average molecular weight is 352 g/mol. The largest absolute Gasteiger partial charge is 0.273 e. The lowest BCUT2D eigenvalue weighted by atomic mass is 10.2. The summed E-state index contributed by atoms with van der Waals surface area (Å²) in [4.78, 5) is 31.1. The van der Waals surface area contributed by atoms with Crippen molar-refractivity contribution >= 4 is 24.2 Å². The van der Waals surface area contributed by atoms with Gasteiger partial charge in [-0.25, -0.2) is 10.9 Å². The van der Waals surface area contributed by atoms with Crippen LogP contribution in [0.1, 0.15) is 36.8 Å². The molecule has 2 aromatic rings. The number of unbranched alkanes of at least 4 members (excludes halogenated alkanes) is 1. The van der Waals surface area contributed by atoms with E-state index >= 15 is 0 Å². The van der Waals surface area contributed by atoms with Crippen molar-refractivity contribution in [2.75, 3.05) is 0 Å². The summed E-state index contributed by atoms with van der Waals surface area (Å²) in [6, 6.07) is 7.13. The first kappa shape index (κ1) is 18.9. The molecular formula is C18H20N6O2. The van der Waals surface area contributed by atoms with Crippen LogP contribution < -0.4 is 10.9 Å². The third-order valence-corrected chi connectivity index (χ3v) is 3.28. The number of aromatic nitrogens is 2. The molecular weight excluding hydrogens is 332 g/mol. The Hall–Kier alpha value is -3.42. The molecule has 0 radical (unpaired) electrons. The molecule has 2 heterocycles. The summed E-state index contributed by atoms with van der Waals surface area (Å²) in [5, 5.41) is 7.74. The number of rotatable bonds is 9. The molecule has 0 spiro atoms. The maximum Gasteiger partial charge on any atom is 0.240 e. The second-order valence-electron chi connectivity index (χ2n) is 5.35. The van der Waals surface area contributed by atoms with Crippen LogP contribution in [0, 0.1) is 0 Å². The van der Waals surface area contributed by atoms with E-state index in [1.807, 2.05) is 0 Å². The van der Waals surface area contributed by atoms with Gasteiger partial charge in [-0.1, -0.05) is 0 Å². The van der Waals surface area contributed by atoms with Crippen LogP contribution in [-0.4, -0.2) is 34.2 Å². The van der Waals surface area contributed by atoms with Gasteiger partial charge in [0.05, 0.1) is 12.4 Å². The van der Waals surface area contributed by atoms with Crippen molar-refractivity contribution in [3.05, 3.63) is 60.2 Å². The molecule has 0 aromatic carbocycles. The minimum atomic E-state index is -0.188. The number of amides is 2. The maximum absolute atomic E-state index is 11.6. The maximum atomic E-state index is 11.6. The van der Waals surface area contributed by atoms with Gasteiger partial charge >= 0.3 is 0 Å². The molecule has 0 atom stereocenters. The number of hydrazone groups is 2. The van der Waals surface area contributed by atoms with E-state index < -0.39 is 0 Å². The number of hydrogen-bond donors (Lipinski definition) is 2. The van der Waals surface area contributed by atoms with Gasteiger partial charge in [0, 0.05) is 37.6 Å². The van der Waals surface area contributed by atoms with Crippen molar-refractivity contribution in [3.63, 3.8) is 0 Å². The van der Waals surface area contributed by atoms with E-state index in [1.165, 1.54) is 0 Å². The van der Waals surface area contributed by atoms with Crippen molar-refractivity contribution in [1.82, 2.24) is 20.8 Å². The van der Waals surface area contributed by atoms with Crippen molar-refractivity contribution in [2.24, 2.45) is 10.2 Å². The Morgan fingerprint density at radius 1 is 0.769 bits per heavy atom. The fourth-order valence-corrected chi connectivity index (χ4v) is 1.94. The van der Waals surface area contributed by atoms with Gasteiger partial charge in [0.2, 0.25) is 11.8 Å². The van der Waals surface area contributed by atoms with Gasteiger partial charge in [-0.2, -0.15) is 10.2 Å². The van der Waals surface area contributed by atoms with Crippen molar-refractivity contribution in [3.8, 4) is 0 Å². The van der Waals surface area contributed by atoms with Gasteiger partial charge in [-0.3, -0.25) is 19.6 Å². The molecule has 0 fully saturated rings. The lowest BCUT2D eigenvalue weighted by molar-refractivity contribution is -0.123. The van der Waals surface area contributed by atoms with Crippen LogP contribution in [0.4, 0.5) is 0 Å². The molecule has 8 nitrogen and oxygen atoms in total. The fraction of sp³-hybridized carbons (Fsp3) is 0.222. The minimum Gasteiger partial charge on any atom is -0.273 e. The standard InChI is InChI=1S/C18H20N6O2/c25-17(23-21-13-15-5-9-19-10-6-15)3-1-2-4-18(26)24-22-14-16-7-11-20-12-8-16/h5-14H,1-4H2,(H,23,25)(H,24,26)/b21-13-,22-14?. The molecule has 0 aliphatic heterocycles. The summed E-state index contributed by atoms with van der Waals surface area (Å²) in [6.45, 7) is 0. The Balaban J connectivity index is 1.55. The second kappa shape index (κ2) is 11.2. The number of hydrogen-bond acceptors (Lipinski definition) is 6. The summed E-state index contributed by atoms with van der Waals surface area (Å²) < 4.78 is 0. The van der Waals surface area contributed by atoms with E-state index in [4.69, 9.17) is 0 Å². The number of carbonyl (C=O) groups is 2. The zero-order valence-corrected chi connectivity index (χ0v) is 14.2.